The third-order valence-electron chi connectivity index (χ3n) is 7.18. The van der Waals surface area contributed by atoms with Crippen LogP contribution in [-0.2, 0) is 43.3 Å². The van der Waals surface area contributed by atoms with E-state index < -0.39 is 40.8 Å². The summed E-state index contributed by atoms with van der Waals surface area (Å²) in [5.74, 6) is 1.53. The summed E-state index contributed by atoms with van der Waals surface area (Å²) in [6.45, 7) is 2.47. The van der Waals surface area contributed by atoms with Crippen molar-refractivity contribution in [3.8, 4) is 5.75 Å². The molecule has 0 aliphatic carbocycles. The number of fused-ring (bicyclic) bond motifs is 1. The van der Waals surface area contributed by atoms with Gasteiger partial charge in [0.05, 0.1) is 50.8 Å². The van der Waals surface area contributed by atoms with Gasteiger partial charge in [0.2, 0.25) is 5.95 Å². The first-order valence-electron chi connectivity index (χ1n) is 14.1. The summed E-state index contributed by atoms with van der Waals surface area (Å²) in [6.07, 6.45) is -6.70. The van der Waals surface area contributed by atoms with E-state index in [-0.39, 0.29) is 32.3 Å². The van der Waals surface area contributed by atoms with Crippen LogP contribution in [0.4, 0.5) is 38.0 Å². The van der Waals surface area contributed by atoms with Gasteiger partial charge in [-0.1, -0.05) is 19.1 Å². The fourth-order valence-corrected chi connectivity index (χ4v) is 4.71. The second-order valence-electron chi connectivity index (χ2n) is 10.4. The number of alkyl halides is 6. The zero-order chi connectivity index (χ0) is 33.1. The zero-order valence-electron chi connectivity index (χ0n) is 24.6. The number of aromatic nitrogens is 7. The summed E-state index contributed by atoms with van der Waals surface area (Å²) in [7, 11) is 1.48. The number of nitrogens with zero attached hydrogens (tertiary/aromatic N) is 8. The van der Waals surface area contributed by atoms with Crippen molar-refractivity contribution in [1.82, 2.24) is 34.5 Å². The number of methoxy groups -OCH3 is 1. The van der Waals surface area contributed by atoms with Crippen molar-refractivity contribution in [2.24, 2.45) is 0 Å². The van der Waals surface area contributed by atoms with E-state index in [0.29, 0.717) is 42.5 Å². The molecule has 0 spiro atoms. The van der Waals surface area contributed by atoms with Crippen LogP contribution < -0.4 is 20.5 Å². The highest BCUT2D eigenvalue weighted by molar-refractivity contribution is 5.50. The van der Waals surface area contributed by atoms with E-state index in [2.05, 4.69) is 30.5 Å². The van der Waals surface area contributed by atoms with Gasteiger partial charge in [-0.3, -0.25) is 4.79 Å². The van der Waals surface area contributed by atoms with Crippen LogP contribution >= 0.6 is 0 Å². The van der Waals surface area contributed by atoms with Crippen molar-refractivity contribution in [3.63, 3.8) is 0 Å². The van der Waals surface area contributed by atoms with E-state index in [1.165, 1.54) is 7.11 Å². The Hall–Kier alpha value is -4.74. The average Bonchev–Trinajstić information content (AvgIpc) is 3.43. The highest BCUT2D eigenvalue weighted by Gasteiger charge is 2.39. The summed E-state index contributed by atoms with van der Waals surface area (Å²) in [5.41, 5.74) is -3.48. The molecule has 4 aromatic rings. The van der Waals surface area contributed by atoms with Crippen LogP contribution in [0.25, 0.3) is 0 Å². The van der Waals surface area contributed by atoms with E-state index >= 15 is 0 Å². The number of ether oxygens (including phenoxy) is 2. The second kappa shape index (κ2) is 13.3. The number of rotatable bonds is 11. The van der Waals surface area contributed by atoms with Gasteiger partial charge in [-0.25, -0.2) is 24.3 Å². The first kappa shape index (κ1) is 32.6. The Morgan fingerprint density at radius 3 is 2.35 bits per heavy atom. The van der Waals surface area contributed by atoms with Crippen molar-refractivity contribution < 1.29 is 35.8 Å². The van der Waals surface area contributed by atoms with Crippen LogP contribution in [0.15, 0.2) is 47.7 Å². The lowest BCUT2D eigenvalue weighted by atomic mass is 10.1. The van der Waals surface area contributed by atoms with Gasteiger partial charge in [-0.05, 0) is 24.1 Å². The Balaban J connectivity index is 1.20. The predicted octanol–water partition coefficient (Wildman–Crippen LogP) is 4.15. The monoisotopic (exact) mass is 653 g/mol. The van der Waals surface area contributed by atoms with Crippen LogP contribution in [0.5, 0.6) is 5.75 Å². The third kappa shape index (κ3) is 7.55. The molecule has 0 fully saturated rings. The average molecular weight is 654 g/mol. The molecule has 1 aromatic carbocycles. The van der Waals surface area contributed by atoms with Gasteiger partial charge in [0, 0.05) is 25.0 Å². The molecule has 4 heterocycles. The van der Waals surface area contributed by atoms with Gasteiger partial charge in [0.15, 0.2) is 5.82 Å². The Labute approximate surface area is 258 Å². The number of nitrogens with one attached hydrogen (secondary N) is 1. The first-order valence-corrected chi connectivity index (χ1v) is 14.1. The number of hydrogen-bond acceptors (Lipinski definition) is 10. The molecule has 0 saturated carbocycles. The molecule has 0 bridgehead atoms. The number of anilines is 2. The topological polar surface area (TPSA) is 125 Å². The molecule has 1 N–H and O–H groups in total. The molecule has 18 heteroatoms. The van der Waals surface area contributed by atoms with E-state index in [1.54, 1.807) is 40.8 Å². The highest BCUT2D eigenvalue weighted by Crippen LogP contribution is 2.32. The molecule has 1 aliphatic heterocycles. The molecule has 0 saturated heterocycles. The molecule has 0 amide bonds. The fraction of sp³-hybridized carbons (Fsp3) is 0.429. The van der Waals surface area contributed by atoms with Crippen molar-refractivity contribution in [2.75, 3.05) is 30.5 Å². The minimum atomic E-state index is -4.94. The molecular weight excluding hydrogens is 624 g/mol. The van der Waals surface area contributed by atoms with Gasteiger partial charge in [0.25, 0.3) is 5.56 Å². The molecule has 12 nitrogen and oxygen atoms in total. The van der Waals surface area contributed by atoms with Gasteiger partial charge < -0.3 is 19.7 Å². The summed E-state index contributed by atoms with van der Waals surface area (Å²) >= 11 is 0. The molecule has 0 radical (unpaired) electrons. The number of hydrogen-bond donors (Lipinski definition) is 1. The van der Waals surface area contributed by atoms with E-state index in [0.717, 1.165) is 23.3 Å². The third-order valence-corrected chi connectivity index (χ3v) is 7.18. The van der Waals surface area contributed by atoms with E-state index in [1.807, 2.05) is 0 Å². The summed E-state index contributed by atoms with van der Waals surface area (Å²) in [6, 6.07) is 5.92. The largest absolute Gasteiger partial charge is 0.497 e. The molecule has 246 valence electrons. The predicted molar refractivity (Wildman–Crippen MR) is 151 cm³/mol. The van der Waals surface area contributed by atoms with Crippen LogP contribution in [0.2, 0.25) is 0 Å². The highest BCUT2D eigenvalue weighted by atomic mass is 19.4. The maximum atomic E-state index is 14.1. The van der Waals surface area contributed by atoms with Crippen LogP contribution in [0.1, 0.15) is 41.7 Å². The molecule has 1 atom stereocenters. The van der Waals surface area contributed by atoms with Gasteiger partial charge >= 0.3 is 12.4 Å². The van der Waals surface area contributed by atoms with Crippen LogP contribution in [0, 0.1) is 0 Å². The van der Waals surface area contributed by atoms with Crippen molar-refractivity contribution in [3.05, 3.63) is 81.5 Å². The maximum Gasteiger partial charge on any atom is 0.423 e. The first-order chi connectivity index (χ1) is 21.9. The molecule has 3 aromatic heterocycles. The van der Waals surface area contributed by atoms with E-state index in [9.17, 15) is 31.1 Å². The van der Waals surface area contributed by atoms with Gasteiger partial charge in [-0.15, -0.1) is 0 Å². The van der Waals surface area contributed by atoms with Crippen LogP contribution in [0.3, 0.4) is 0 Å². The molecule has 46 heavy (non-hydrogen) atoms. The maximum absolute atomic E-state index is 14.1. The number of benzene rings is 1. The Morgan fingerprint density at radius 2 is 1.72 bits per heavy atom. The SMILES string of the molecule is CCC(COCc1nc2n(n1)CCN(c1ncc(C(F)(F)F)cn1)C2)Nc1cnn(Cc2ccc(OC)cc2)c(=O)c1C(F)(F)F. The Bertz CT molecular complexity index is 1690. The molecule has 1 aliphatic rings. The smallest absolute Gasteiger partial charge is 0.423 e. The summed E-state index contributed by atoms with van der Waals surface area (Å²) in [5, 5.41) is 11.1. The lowest BCUT2D eigenvalue weighted by Gasteiger charge is -2.26. The van der Waals surface area contributed by atoms with E-state index in [4.69, 9.17) is 9.47 Å². The minimum Gasteiger partial charge on any atom is -0.497 e. The lowest BCUT2D eigenvalue weighted by Crippen LogP contribution is -2.35. The standard InChI is InChI=1S/C28H29F6N9O3/c1-3-19(38-21-12-37-43(25(44)24(21)28(32,33)34)13-17-4-6-20(45-2)7-5-17)15-46-16-22-39-23-14-41(8-9-42(23)40-22)26-35-10-18(11-36-26)27(29,30)31/h4-7,10-12,19,38H,3,8-9,13-16H2,1-2H3. The fourth-order valence-electron chi connectivity index (χ4n) is 4.71. The van der Waals surface area contributed by atoms with Gasteiger partial charge in [0.1, 0.15) is 23.7 Å². The van der Waals surface area contributed by atoms with Crippen molar-refractivity contribution in [2.45, 2.75) is 58.0 Å². The number of halogens is 6. The molecule has 1 unspecified atom stereocenters. The molecular formula is C28H29F6N9O3. The minimum absolute atomic E-state index is 0.0296. The van der Waals surface area contributed by atoms with Gasteiger partial charge in [-0.2, -0.15) is 36.5 Å². The second-order valence-corrected chi connectivity index (χ2v) is 10.4. The van der Waals surface area contributed by atoms with Crippen molar-refractivity contribution in [1.29, 1.82) is 0 Å². The van der Waals surface area contributed by atoms with Crippen LogP contribution in [-0.4, -0.2) is 60.8 Å². The quantitative estimate of drug-likeness (QED) is 0.236. The lowest BCUT2D eigenvalue weighted by molar-refractivity contribution is -0.139. The zero-order valence-corrected chi connectivity index (χ0v) is 24.6. The summed E-state index contributed by atoms with van der Waals surface area (Å²) < 4.78 is 93.9. The normalized spacial score (nSPS) is 14.2. The molecule has 5 rings (SSSR count). The van der Waals surface area contributed by atoms with Crippen molar-refractivity contribution >= 4 is 11.6 Å². The Morgan fingerprint density at radius 1 is 1.00 bits per heavy atom. The summed E-state index contributed by atoms with van der Waals surface area (Å²) in [4.78, 5) is 26.6. The Kier molecular flexibility index (Phi) is 9.45.